The summed E-state index contributed by atoms with van der Waals surface area (Å²) in [5.74, 6) is -1.17. The van der Waals surface area contributed by atoms with Crippen molar-refractivity contribution in [3.63, 3.8) is 0 Å². The average Bonchev–Trinajstić information content (AvgIpc) is 2.59. The first-order chi connectivity index (χ1) is 12.7. The highest BCUT2D eigenvalue weighted by Crippen LogP contribution is 2.14. The van der Waals surface area contributed by atoms with Crippen LogP contribution in [-0.2, 0) is 19.6 Å². The Bertz CT molecular complexity index is 917. The molecule has 0 heterocycles. The van der Waals surface area contributed by atoms with Crippen LogP contribution in [0.1, 0.15) is 28.4 Å². The summed E-state index contributed by atoms with van der Waals surface area (Å²) in [6, 6.07) is 10.9. The van der Waals surface area contributed by atoms with Crippen LogP contribution in [-0.4, -0.2) is 33.4 Å². The zero-order chi connectivity index (χ0) is 20.0. The number of ether oxygens (including phenoxy) is 1. The molecule has 0 aliphatic heterocycles. The zero-order valence-electron chi connectivity index (χ0n) is 15.4. The smallest absolute Gasteiger partial charge is 0.338 e. The Hall–Kier alpha value is -2.71. The maximum atomic E-state index is 12.0. The van der Waals surface area contributed by atoms with Crippen LogP contribution >= 0.6 is 0 Å². The van der Waals surface area contributed by atoms with Crippen LogP contribution in [0.2, 0.25) is 0 Å². The fourth-order valence-electron chi connectivity index (χ4n) is 2.50. The van der Waals surface area contributed by atoms with E-state index in [1.807, 2.05) is 32.0 Å². The van der Waals surface area contributed by atoms with E-state index in [0.29, 0.717) is 5.69 Å². The standard InChI is InChI=1S/C19H22N2O5S/c1-4-20-27(24,25)17-7-5-15(6-8-17)19(23)26-12-18(22)21-16-10-13(2)9-14(3)11-16/h5-11,20H,4,12H2,1-3H3,(H,21,22). The number of rotatable bonds is 7. The van der Waals surface area contributed by atoms with E-state index in [1.165, 1.54) is 24.3 Å². The molecule has 8 heteroatoms. The highest BCUT2D eigenvalue weighted by molar-refractivity contribution is 7.89. The Balaban J connectivity index is 1.94. The lowest BCUT2D eigenvalue weighted by molar-refractivity contribution is -0.119. The van der Waals surface area contributed by atoms with Crippen LogP contribution in [0.5, 0.6) is 0 Å². The molecular formula is C19H22N2O5S. The van der Waals surface area contributed by atoms with E-state index in [9.17, 15) is 18.0 Å². The van der Waals surface area contributed by atoms with Gasteiger partial charge in [-0.3, -0.25) is 4.79 Å². The molecule has 2 rings (SSSR count). The van der Waals surface area contributed by atoms with Crippen molar-refractivity contribution < 1.29 is 22.7 Å². The van der Waals surface area contributed by atoms with Gasteiger partial charge in [-0.05, 0) is 61.4 Å². The summed E-state index contributed by atoms with van der Waals surface area (Å²) in [5, 5.41) is 2.67. The van der Waals surface area contributed by atoms with Crippen LogP contribution in [0.4, 0.5) is 5.69 Å². The van der Waals surface area contributed by atoms with Crippen molar-refractivity contribution in [3.8, 4) is 0 Å². The molecule has 1 amide bonds. The predicted octanol–water partition coefficient (Wildman–Crippen LogP) is 2.40. The number of hydrogen-bond donors (Lipinski definition) is 2. The first kappa shape index (κ1) is 20.6. The molecule has 0 aliphatic carbocycles. The van der Waals surface area contributed by atoms with Gasteiger partial charge in [-0.15, -0.1) is 0 Å². The van der Waals surface area contributed by atoms with Gasteiger partial charge in [-0.2, -0.15) is 0 Å². The van der Waals surface area contributed by atoms with E-state index < -0.39 is 28.5 Å². The number of carbonyl (C=O) groups is 2. The summed E-state index contributed by atoms with van der Waals surface area (Å²) in [4.78, 5) is 24.0. The van der Waals surface area contributed by atoms with Gasteiger partial charge in [0.2, 0.25) is 10.0 Å². The second kappa shape index (κ2) is 8.79. The molecule has 2 aromatic rings. The largest absolute Gasteiger partial charge is 0.452 e. The molecule has 2 aromatic carbocycles. The number of anilines is 1. The topological polar surface area (TPSA) is 102 Å². The van der Waals surface area contributed by atoms with Crippen molar-refractivity contribution in [2.75, 3.05) is 18.5 Å². The number of aryl methyl sites for hydroxylation is 2. The summed E-state index contributed by atoms with van der Waals surface area (Å²) in [5.41, 5.74) is 2.81. The molecule has 2 N–H and O–H groups in total. The Kier molecular flexibility index (Phi) is 6.70. The quantitative estimate of drug-likeness (QED) is 0.707. The van der Waals surface area contributed by atoms with E-state index in [-0.39, 0.29) is 17.0 Å². The number of sulfonamides is 1. The first-order valence-electron chi connectivity index (χ1n) is 8.36. The zero-order valence-corrected chi connectivity index (χ0v) is 16.2. The Morgan fingerprint density at radius 3 is 2.15 bits per heavy atom. The molecular weight excluding hydrogens is 368 g/mol. The highest BCUT2D eigenvalue weighted by atomic mass is 32.2. The number of benzene rings is 2. The molecule has 0 aliphatic rings. The third-order valence-electron chi connectivity index (χ3n) is 3.57. The Morgan fingerprint density at radius 2 is 1.59 bits per heavy atom. The van der Waals surface area contributed by atoms with E-state index >= 15 is 0 Å². The molecule has 0 atom stereocenters. The molecule has 0 unspecified atom stereocenters. The monoisotopic (exact) mass is 390 g/mol. The fraction of sp³-hybridized carbons (Fsp3) is 0.263. The van der Waals surface area contributed by atoms with Crippen LogP contribution in [0.15, 0.2) is 47.4 Å². The minimum atomic E-state index is -3.59. The van der Waals surface area contributed by atoms with Gasteiger partial charge in [-0.1, -0.05) is 13.0 Å². The van der Waals surface area contributed by atoms with Crippen LogP contribution in [0.25, 0.3) is 0 Å². The number of nitrogens with one attached hydrogen (secondary N) is 2. The SMILES string of the molecule is CCNS(=O)(=O)c1ccc(C(=O)OCC(=O)Nc2cc(C)cc(C)c2)cc1. The first-order valence-corrected chi connectivity index (χ1v) is 9.84. The fourth-order valence-corrected chi connectivity index (χ4v) is 3.54. The summed E-state index contributed by atoms with van der Waals surface area (Å²) in [6.45, 7) is 5.34. The molecule has 0 saturated heterocycles. The lowest BCUT2D eigenvalue weighted by atomic mass is 10.1. The Labute approximate surface area is 158 Å². The minimum absolute atomic E-state index is 0.0495. The van der Waals surface area contributed by atoms with Crippen molar-refractivity contribution in [2.45, 2.75) is 25.7 Å². The normalized spacial score (nSPS) is 11.1. The van der Waals surface area contributed by atoms with Crippen molar-refractivity contribution in [1.29, 1.82) is 0 Å². The summed E-state index contributed by atoms with van der Waals surface area (Å²) >= 11 is 0. The van der Waals surface area contributed by atoms with Crippen LogP contribution in [0.3, 0.4) is 0 Å². The molecule has 0 radical (unpaired) electrons. The van der Waals surface area contributed by atoms with E-state index in [4.69, 9.17) is 4.74 Å². The molecule has 0 saturated carbocycles. The van der Waals surface area contributed by atoms with Gasteiger partial charge in [0.1, 0.15) is 0 Å². The Morgan fingerprint density at radius 1 is 1.00 bits per heavy atom. The van der Waals surface area contributed by atoms with Gasteiger partial charge in [0, 0.05) is 12.2 Å². The molecule has 0 spiro atoms. The van der Waals surface area contributed by atoms with E-state index in [0.717, 1.165) is 11.1 Å². The number of amides is 1. The van der Waals surface area contributed by atoms with Crippen molar-refractivity contribution >= 4 is 27.6 Å². The molecule has 0 aromatic heterocycles. The van der Waals surface area contributed by atoms with Crippen molar-refractivity contribution in [3.05, 3.63) is 59.2 Å². The second-order valence-corrected chi connectivity index (χ2v) is 7.79. The maximum absolute atomic E-state index is 12.0. The second-order valence-electron chi connectivity index (χ2n) is 6.03. The van der Waals surface area contributed by atoms with Gasteiger partial charge in [0.15, 0.2) is 6.61 Å². The molecule has 0 bridgehead atoms. The molecule has 27 heavy (non-hydrogen) atoms. The van der Waals surface area contributed by atoms with Gasteiger partial charge in [0.25, 0.3) is 5.91 Å². The number of carbonyl (C=O) groups excluding carboxylic acids is 2. The average molecular weight is 390 g/mol. The number of esters is 1. The summed E-state index contributed by atoms with van der Waals surface area (Å²) in [6.07, 6.45) is 0. The van der Waals surface area contributed by atoms with Crippen LogP contribution < -0.4 is 10.0 Å². The van der Waals surface area contributed by atoms with Gasteiger partial charge < -0.3 is 10.1 Å². The number of hydrogen-bond acceptors (Lipinski definition) is 5. The third kappa shape index (κ3) is 5.90. The van der Waals surface area contributed by atoms with Gasteiger partial charge >= 0.3 is 5.97 Å². The lowest BCUT2D eigenvalue weighted by Gasteiger charge is -2.09. The van der Waals surface area contributed by atoms with Gasteiger partial charge in [-0.25, -0.2) is 17.9 Å². The third-order valence-corrected chi connectivity index (χ3v) is 5.14. The van der Waals surface area contributed by atoms with Crippen molar-refractivity contribution in [1.82, 2.24) is 4.72 Å². The highest BCUT2D eigenvalue weighted by Gasteiger charge is 2.15. The van der Waals surface area contributed by atoms with Gasteiger partial charge in [0.05, 0.1) is 10.5 Å². The molecule has 0 fully saturated rings. The minimum Gasteiger partial charge on any atom is -0.452 e. The van der Waals surface area contributed by atoms with E-state index in [2.05, 4.69) is 10.0 Å². The lowest BCUT2D eigenvalue weighted by Crippen LogP contribution is -2.23. The summed E-state index contributed by atoms with van der Waals surface area (Å²) < 4.78 is 31.1. The molecule has 144 valence electrons. The van der Waals surface area contributed by atoms with Crippen molar-refractivity contribution in [2.24, 2.45) is 0 Å². The summed E-state index contributed by atoms with van der Waals surface area (Å²) in [7, 11) is -3.59. The maximum Gasteiger partial charge on any atom is 0.338 e. The van der Waals surface area contributed by atoms with E-state index in [1.54, 1.807) is 6.92 Å². The predicted molar refractivity (Wildman–Crippen MR) is 102 cm³/mol. The van der Waals surface area contributed by atoms with Crippen LogP contribution in [0, 0.1) is 13.8 Å². The molecule has 7 nitrogen and oxygen atoms in total.